The molecule has 0 aliphatic rings. The number of hydrogen-bond donors (Lipinski definition) is 2. The van der Waals surface area contributed by atoms with Crippen LogP contribution in [0.25, 0.3) is 0 Å². The van der Waals surface area contributed by atoms with E-state index in [4.69, 9.17) is 11.0 Å². The van der Waals surface area contributed by atoms with Gasteiger partial charge in [0.15, 0.2) is 4.90 Å². The molecule has 1 rings (SSSR count). The van der Waals surface area contributed by atoms with Gasteiger partial charge in [-0.25, -0.2) is 0 Å². The minimum absolute atomic E-state index is 0.448. The smallest absolute Gasteiger partial charge is 0.235 e. The first-order chi connectivity index (χ1) is 9.42. The normalized spacial score (nSPS) is 16.8. The number of nitrogens with zero attached hydrogens (tertiary/aromatic N) is 1. The monoisotopic (exact) mass is 294 g/mol. The number of benzene rings is 1. The highest BCUT2D eigenvalue weighted by Crippen LogP contribution is 2.31. The summed E-state index contributed by atoms with van der Waals surface area (Å²) in [4.78, 5) is 11.9. The number of amides is 1. The second kappa shape index (κ2) is 7.29. The summed E-state index contributed by atoms with van der Waals surface area (Å²) >= 11 is -1.09. The lowest BCUT2D eigenvalue weighted by molar-refractivity contribution is -0.123. The fourth-order valence-electron chi connectivity index (χ4n) is 2.12. The number of hydrogen-bond acceptors (Lipinski definition) is 4. The van der Waals surface area contributed by atoms with Crippen molar-refractivity contribution in [3.05, 3.63) is 29.8 Å². The second-order valence-electron chi connectivity index (χ2n) is 4.55. The molecule has 3 N–H and O–H groups in total. The summed E-state index contributed by atoms with van der Waals surface area (Å²) < 4.78 is 11.3. The van der Waals surface area contributed by atoms with Crippen molar-refractivity contribution in [2.45, 2.75) is 24.3 Å². The minimum atomic E-state index is -1.09. The maximum atomic E-state index is 11.3. The first-order valence-electron chi connectivity index (χ1n) is 6.22. The van der Waals surface area contributed by atoms with E-state index in [0.29, 0.717) is 16.9 Å². The van der Waals surface area contributed by atoms with Crippen LogP contribution in [0.3, 0.4) is 0 Å². The predicted molar refractivity (Wildman–Crippen MR) is 75.8 cm³/mol. The second-order valence-corrected chi connectivity index (χ2v) is 5.93. The summed E-state index contributed by atoms with van der Waals surface area (Å²) in [6.45, 7) is 1.79. The molecular formula is C14H18N2O3S. The third-order valence-electron chi connectivity index (χ3n) is 3.30. The molecule has 0 saturated carbocycles. The number of carbonyl (C=O) groups excluding carboxylic acids is 1. The van der Waals surface area contributed by atoms with E-state index >= 15 is 0 Å². The van der Waals surface area contributed by atoms with E-state index in [1.807, 2.05) is 6.07 Å². The van der Waals surface area contributed by atoms with Crippen molar-refractivity contribution >= 4 is 17.1 Å². The van der Waals surface area contributed by atoms with Crippen molar-refractivity contribution in [3.8, 4) is 6.07 Å². The quantitative estimate of drug-likeness (QED) is 0.765. The van der Waals surface area contributed by atoms with Gasteiger partial charge in [-0.2, -0.15) is 5.26 Å². The Labute approximate surface area is 121 Å². The van der Waals surface area contributed by atoms with Gasteiger partial charge in [-0.1, -0.05) is 19.1 Å². The average molecular weight is 294 g/mol. The fourth-order valence-corrected chi connectivity index (χ4v) is 2.63. The van der Waals surface area contributed by atoms with Gasteiger partial charge in [0.1, 0.15) is 12.2 Å². The highest BCUT2D eigenvalue weighted by molar-refractivity contribution is 7.90. The van der Waals surface area contributed by atoms with Gasteiger partial charge in [-0.05, 0) is 35.3 Å². The maximum absolute atomic E-state index is 11.3. The minimum Gasteiger partial charge on any atom is -0.612 e. The summed E-state index contributed by atoms with van der Waals surface area (Å²) in [5.74, 6) is -2.32. The molecule has 6 heteroatoms. The highest BCUT2D eigenvalue weighted by Gasteiger charge is 2.32. The molecule has 0 radical (unpaired) electrons. The van der Waals surface area contributed by atoms with Crippen LogP contribution in [0.4, 0.5) is 0 Å². The van der Waals surface area contributed by atoms with Crippen LogP contribution in [-0.4, -0.2) is 21.8 Å². The van der Waals surface area contributed by atoms with E-state index < -0.39 is 35.0 Å². The van der Waals surface area contributed by atoms with Crippen LogP contribution in [0.2, 0.25) is 0 Å². The Morgan fingerprint density at radius 3 is 2.40 bits per heavy atom. The van der Waals surface area contributed by atoms with Gasteiger partial charge in [-0.3, -0.25) is 4.79 Å². The molecule has 5 nitrogen and oxygen atoms in total. The molecule has 1 aromatic carbocycles. The van der Waals surface area contributed by atoms with E-state index in [1.54, 1.807) is 37.4 Å². The molecule has 1 aromatic rings. The third kappa shape index (κ3) is 3.73. The molecule has 4 unspecified atom stereocenters. The van der Waals surface area contributed by atoms with Crippen LogP contribution < -0.4 is 5.73 Å². The lowest BCUT2D eigenvalue weighted by atomic mass is 9.83. The Morgan fingerprint density at radius 1 is 1.50 bits per heavy atom. The van der Waals surface area contributed by atoms with E-state index in [0.717, 1.165) is 0 Å². The zero-order valence-corrected chi connectivity index (χ0v) is 12.3. The number of aliphatic hydroxyl groups excluding tert-OH is 1. The summed E-state index contributed by atoms with van der Waals surface area (Å²) in [5.41, 5.74) is 5.77. The van der Waals surface area contributed by atoms with Gasteiger partial charge in [0.2, 0.25) is 5.91 Å². The summed E-state index contributed by atoms with van der Waals surface area (Å²) in [5, 5.41) is 19.3. The molecule has 0 spiro atoms. The van der Waals surface area contributed by atoms with E-state index in [-0.39, 0.29) is 0 Å². The van der Waals surface area contributed by atoms with Crippen molar-refractivity contribution in [3.63, 3.8) is 0 Å². The Balaban J connectivity index is 2.99. The molecule has 20 heavy (non-hydrogen) atoms. The molecule has 0 heterocycles. The standard InChI is InChI=1S/C14H18N2O3S/c1-3-11(12(8-15)14(16)18)13(17)9-4-6-10(7-5-9)20(2)19/h4-7,11-13,17H,3H2,1-2H3,(H2,16,18). The molecule has 108 valence electrons. The topological polar surface area (TPSA) is 110 Å². The summed E-state index contributed by atoms with van der Waals surface area (Å²) in [6.07, 6.45) is 1.06. The lowest BCUT2D eigenvalue weighted by Gasteiger charge is -2.24. The number of carbonyl (C=O) groups is 1. The van der Waals surface area contributed by atoms with E-state index in [9.17, 15) is 14.5 Å². The molecule has 0 saturated heterocycles. The van der Waals surface area contributed by atoms with Crippen LogP contribution in [-0.2, 0) is 16.0 Å². The third-order valence-corrected chi connectivity index (χ3v) is 4.24. The Bertz CT molecular complexity index is 496. The van der Waals surface area contributed by atoms with Crippen molar-refractivity contribution in [1.82, 2.24) is 0 Å². The molecule has 0 aliphatic heterocycles. The fraction of sp³-hybridized carbons (Fsp3) is 0.429. The van der Waals surface area contributed by atoms with Gasteiger partial charge in [0, 0.05) is 5.92 Å². The predicted octanol–water partition coefficient (Wildman–Crippen LogP) is 1.11. The van der Waals surface area contributed by atoms with Crippen LogP contribution in [0, 0.1) is 23.2 Å². The van der Waals surface area contributed by atoms with E-state index in [2.05, 4.69) is 0 Å². The molecule has 0 bridgehead atoms. The van der Waals surface area contributed by atoms with Gasteiger partial charge in [-0.15, -0.1) is 0 Å². The van der Waals surface area contributed by atoms with Crippen LogP contribution in [0.15, 0.2) is 29.2 Å². The van der Waals surface area contributed by atoms with Crippen molar-refractivity contribution in [2.75, 3.05) is 6.26 Å². The van der Waals surface area contributed by atoms with E-state index in [1.165, 1.54) is 0 Å². The van der Waals surface area contributed by atoms with Crippen LogP contribution >= 0.6 is 0 Å². The molecule has 0 fully saturated rings. The zero-order chi connectivity index (χ0) is 15.3. The van der Waals surface area contributed by atoms with Gasteiger partial charge in [0.25, 0.3) is 0 Å². The Morgan fingerprint density at radius 2 is 2.05 bits per heavy atom. The maximum Gasteiger partial charge on any atom is 0.235 e. The number of nitriles is 1. The highest BCUT2D eigenvalue weighted by atomic mass is 32.2. The average Bonchev–Trinajstić information content (AvgIpc) is 2.43. The molecule has 4 atom stereocenters. The van der Waals surface area contributed by atoms with Crippen molar-refractivity contribution in [2.24, 2.45) is 17.6 Å². The number of nitrogens with two attached hydrogens (primary N) is 1. The summed E-state index contributed by atoms with van der Waals surface area (Å²) in [6, 6.07) is 8.47. The summed E-state index contributed by atoms with van der Waals surface area (Å²) in [7, 11) is 0. The van der Waals surface area contributed by atoms with Gasteiger partial charge < -0.3 is 15.4 Å². The number of aliphatic hydroxyl groups is 1. The van der Waals surface area contributed by atoms with Crippen LogP contribution in [0.1, 0.15) is 25.0 Å². The first-order valence-corrected chi connectivity index (χ1v) is 7.78. The largest absolute Gasteiger partial charge is 0.612 e. The van der Waals surface area contributed by atoms with Crippen molar-refractivity contribution in [1.29, 1.82) is 5.26 Å². The number of rotatable bonds is 6. The molecule has 1 amide bonds. The van der Waals surface area contributed by atoms with Crippen molar-refractivity contribution < 1.29 is 14.5 Å². The SMILES string of the molecule is CCC(C(C#N)C(N)=O)C(O)c1ccc([S+](C)[O-])cc1. The molecule has 0 aliphatic carbocycles. The zero-order valence-electron chi connectivity index (χ0n) is 11.4. The first kappa shape index (κ1) is 16.5. The Kier molecular flexibility index (Phi) is 6.02. The van der Waals surface area contributed by atoms with Crippen LogP contribution in [0.5, 0.6) is 0 Å². The number of primary amides is 1. The Hall–Kier alpha value is -1.55. The van der Waals surface area contributed by atoms with Gasteiger partial charge >= 0.3 is 0 Å². The lowest BCUT2D eigenvalue weighted by Crippen LogP contribution is -2.32. The molecular weight excluding hydrogens is 276 g/mol. The molecule has 0 aromatic heterocycles. The van der Waals surface area contributed by atoms with Gasteiger partial charge in [0.05, 0.1) is 12.2 Å².